The van der Waals surface area contributed by atoms with Crippen molar-refractivity contribution in [1.82, 2.24) is 10.5 Å². The molecule has 0 spiro atoms. The van der Waals surface area contributed by atoms with Crippen LogP contribution in [-0.2, 0) is 0 Å². The van der Waals surface area contributed by atoms with Gasteiger partial charge in [-0.2, -0.15) is 10.8 Å². The maximum Gasteiger partial charge on any atom is 0.0991 e. The monoisotopic (exact) mass is 216 g/mol. The SMILES string of the molecule is N#Cc1ccc(C2CCN(NN)CC2)cc1. The van der Waals surface area contributed by atoms with Gasteiger partial charge in [0.25, 0.3) is 0 Å². The first-order valence-electron chi connectivity index (χ1n) is 5.54. The van der Waals surface area contributed by atoms with Crippen molar-refractivity contribution >= 4 is 0 Å². The molecule has 0 atom stereocenters. The molecule has 16 heavy (non-hydrogen) atoms. The third-order valence-corrected chi connectivity index (χ3v) is 3.19. The molecule has 4 heteroatoms. The molecule has 1 aromatic rings. The quantitative estimate of drug-likeness (QED) is 0.574. The highest BCUT2D eigenvalue weighted by molar-refractivity contribution is 5.33. The second-order valence-corrected chi connectivity index (χ2v) is 4.12. The summed E-state index contributed by atoms with van der Waals surface area (Å²) in [5.74, 6) is 5.96. The predicted octanol–water partition coefficient (Wildman–Crippen LogP) is 1.12. The fourth-order valence-electron chi connectivity index (χ4n) is 2.17. The zero-order chi connectivity index (χ0) is 11.4. The number of nitrogens with zero attached hydrogens (tertiary/aromatic N) is 2. The normalized spacial score (nSPS) is 18.2. The van der Waals surface area contributed by atoms with Crippen LogP contribution in [0.4, 0.5) is 0 Å². The van der Waals surface area contributed by atoms with Gasteiger partial charge in [0, 0.05) is 13.1 Å². The van der Waals surface area contributed by atoms with E-state index in [1.165, 1.54) is 5.56 Å². The van der Waals surface area contributed by atoms with Crippen molar-refractivity contribution < 1.29 is 0 Å². The molecule has 2 rings (SSSR count). The molecule has 84 valence electrons. The molecule has 4 nitrogen and oxygen atoms in total. The number of hydrogen-bond donors (Lipinski definition) is 2. The zero-order valence-electron chi connectivity index (χ0n) is 9.19. The van der Waals surface area contributed by atoms with Crippen molar-refractivity contribution in [3.63, 3.8) is 0 Å². The van der Waals surface area contributed by atoms with Crippen LogP contribution in [0.15, 0.2) is 24.3 Å². The number of hydrazine groups is 2. The van der Waals surface area contributed by atoms with Crippen LogP contribution >= 0.6 is 0 Å². The Balaban J connectivity index is 2.00. The van der Waals surface area contributed by atoms with Crippen LogP contribution in [0.1, 0.15) is 29.9 Å². The Bertz CT molecular complexity index is 371. The van der Waals surface area contributed by atoms with Gasteiger partial charge in [-0.05, 0) is 36.5 Å². The van der Waals surface area contributed by atoms with E-state index >= 15 is 0 Å². The Kier molecular flexibility index (Phi) is 3.52. The van der Waals surface area contributed by atoms with Crippen LogP contribution in [0.5, 0.6) is 0 Å². The van der Waals surface area contributed by atoms with E-state index in [0.29, 0.717) is 5.92 Å². The Morgan fingerprint density at radius 2 is 1.88 bits per heavy atom. The van der Waals surface area contributed by atoms with Crippen molar-refractivity contribution in [3.05, 3.63) is 35.4 Å². The van der Waals surface area contributed by atoms with Crippen LogP contribution in [0.25, 0.3) is 0 Å². The van der Waals surface area contributed by atoms with E-state index < -0.39 is 0 Å². The molecular weight excluding hydrogens is 200 g/mol. The number of nitriles is 1. The molecule has 0 saturated carbocycles. The average molecular weight is 216 g/mol. The minimum atomic E-state index is 0.595. The number of benzene rings is 1. The molecule has 0 amide bonds. The third kappa shape index (κ3) is 2.39. The van der Waals surface area contributed by atoms with Gasteiger partial charge in [-0.15, -0.1) is 0 Å². The zero-order valence-corrected chi connectivity index (χ0v) is 9.19. The van der Waals surface area contributed by atoms with Crippen molar-refractivity contribution in [3.8, 4) is 6.07 Å². The Labute approximate surface area is 95.6 Å². The van der Waals surface area contributed by atoms with Crippen LogP contribution in [0, 0.1) is 11.3 Å². The molecule has 1 aromatic carbocycles. The highest BCUT2D eigenvalue weighted by atomic mass is 15.6. The van der Waals surface area contributed by atoms with Gasteiger partial charge < -0.3 is 0 Å². The Morgan fingerprint density at radius 3 is 2.38 bits per heavy atom. The predicted molar refractivity (Wildman–Crippen MR) is 62.0 cm³/mol. The minimum Gasteiger partial charge on any atom is -0.258 e. The van der Waals surface area contributed by atoms with E-state index in [2.05, 4.69) is 23.7 Å². The second-order valence-electron chi connectivity index (χ2n) is 4.12. The van der Waals surface area contributed by atoms with Gasteiger partial charge in [-0.3, -0.25) is 5.84 Å². The van der Waals surface area contributed by atoms with Gasteiger partial charge in [0.05, 0.1) is 11.6 Å². The van der Waals surface area contributed by atoms with Gasteiger partial charge >= 0.3 is 0 Å². The van der Waals surface area contributed by atoms with Crippen LogP contribution in [0.3, 0.4) is 0 Å². The number of piperidine rings is 1. The molecule has 0 unspecified atom stereocenters. The summed E-state index contributed by atoms with van der Waals surface area (Å²) in [4.78, 5) is 0. The summed E-state index contributed by atoms with van der Waals surface area (Å²) in [5, 5.41) is 10.8. The molecule has 0 aliphatic carbocycles. The van der Waals surface area contributed by atoms with Crippen molar-refractivity contribution in [2.75, 3.05) is 13.1 Å². The Hall–Kier alpha value is -1.41. The van der Waals surface area contributed by atoms with Gasteiger partial charge in [0.15, 0.2) is 0 Å². The summed E-state index contributed by atoms with van der Waals surface area (Å²) in [5.41, 5.74) is 4.74. The second kappa shape index (κ2) is 5.08. The van der Waals surface area contributed by atoms with Crippen LogP contribution < -0.4 is 11.4 Å². The van der Waals surface area contributed by atoms with Gasteiger partial charge in [-0.25, -0.2) is 5.01 Å². The topological polar surface area (TPSA) is 65.1 Å². The van der Waals surface area contributed by atoms with E-state index in [1.54, 1.807) is 0 Å². The largest absolute Gasteiger partial charge is 0.258 e. The Morgan fingerprint density at radius 1 is 1.25 bits per heavy atom. The van der Waals surface area contributed by atoms with E-state index in [4.69, 9.17) is 11.1 Å². The summed E-state index contributed by atoms with van der Waals surface area (Å²) in [6.07, 6.45) is 2.21. The standard InChI is InChI=1S/C12H16N4/c13-9-10-1-3-11(4-2-10)12-5-7-16(15-14)8-6-12/h1-4,12,15H,5-8,14H2. The highest BCUT2D eigenvalue weighted by Gasteiger charge is 2.19. The first-order chi connectivity index (χ1) is 7.83. The molecule has 1 saturated heterocycles. The van der Waals surface area contributed by atoms with Crippen LogP contribution in [0.2, 0.25) is 0 Å². The van der Waals surface area contributed by atoms with E-state index in [1.807, 2.05) is 17.1 Å². The molecule has 1 aliphatic heterocycles. The van der Waals surface area contributed by atoms with Gasteiger partial charge in [-0.1, -0.05) is 12.1 Å². The molecule has 1 aliphatic rings. The van der Waals surface area contributed by atoms with E-state index in [-0.39, 0.29) is 0 Å². The van der Waals surface area contributed by atoms with Crippen LogP contribution in [-0.4, -0.2) is 18.1 Å². The molecule has 0 bridgehead atoms. The molecule has 3 N–H and O–H groups in total. The summed E-state index contributed by atoms with van der Waals surface area (Å²) >= 11 is 0. The average Bonchev–Trinajstić information content (AvgIpc) is 2.39. The number of hydrogen-bond acceptors (Lipinski definition) is 4. The van der Waals surface area contributed by atoms with Crippen molar-refractivity contribution in [1.29, 1.82) is 5.26 Å². The fraction of sp³-hybridized carbons (Fsp3) is 0.417. The van der Waals surface area contributed by atoms with E-state index in [0.717, 1.165) is 31.5 Å². The highest BCUT2D eigenvalue weighted by Crippen LogP contribution is 2.27. The lowest BCUT2D eigenvalue weighted by molar-refractivity contribution is 0.144. The molecular formula is C12H16N4. The summed E-state index contributed by atoms with van der Waals surface area (Å²) in [7, 11) is 0. The number of nitrogens with two attached hydrogens (primary N) is 1. The van der Waals surface area contributed by atoms with Gasteiger partial charge in [0.1, 0.15) is 0 Å². The molecule has 1 heterocycles. The fourth-order valence-corrected chi connectivity index (χ4v) is 2.17. The maximum absolute atomic E-state index is 8.73. The summed E-state index contributed by atoms with van der Waals surface area (Å²) < 4.78 is 0. The maximum atomic E-state index is 8.73. The van der Waals surface area contributed by atoms with Crippen molar-refractivity contribution in [2.24, 2.45) is 5.84 Å². The number of nitrogens with one attached hydrogen (secondary N) is 1. The first kappa shape index (κ1) is 11.1. The summed E-state index contributed by atoms with van der Waals surface area (Å²) in [6, 6.07) is 10.1. The lowest BCUT2D eigenvalue weighted by Crippen LogP contribution is -2.46. The van der Waals surface area contributed by atoms with E-state index in [9.17, 15) is 0 Å². The molecule has 0 aromatic heterocycles. The molecule has 1 fully saturated rings. The molecule has 0 radical (unpaired) electrons. The lowest BCUT2D eigenvalue weighted by Gasteiger charge is -2.30. The third-order valence-electron chi connectivity index (χ3n) is 3.19. The van der Waals surface area contributed by atoms with Crippen molar-refractivity contribution in [2.45, 2.75) is 18.8 Å². The summed E-state index contributed by atoms with van der Waals surface area (Å²) in [6.45, 7) is 1.95. The number of rotatable bonds is 2. The smallest absolute Gasteiger partial charge is 0.0991 e. The first-order valence-corrected chi connectivity index (χ1v) is 5.54. The lowest BCUT2D eigenvalue weighted by atomic mass is 9.89. The van der Waals surface area contributed by atoms with Gasteiger partial charge in [0.2, 0.25) is 0 Å². The minimum absolute atomic E-state index is 0.595.